The zero-order chi connectivity index (χ0) is 63.1. The Hall–Kier alpha value is -13.1. The van der Waals surface area contributed by atoms with E-state index in [9.17, 15) is 0 Å². The van der Waals surface area contributed by atoms with Crippen LogP contribution in [0.2, 0.25) is 0 Å². The van der Waals surface area contributed by atoms with Crippen LogP contribution in [0.5, 0.6) is 0 Å². The molecule has 0 unspecified atom stereocenters. The quantitative estimate of drug-likeness (QED) is 0.152. The van der Waals surface area contributed by atoms with Crippen LogP contribution < -0.4 is 0 Å². The molecule has 0 saturated heterocycles. The van der Waals surface area contributed by atoms with Crippen molar-refractivity contribution in [2.75, 3.05) is 0 Å². The van der Waals surface area contributed by atoms with Crippen molar-refractivity contribution in [2.24, 2.45) is 0 Å². The Bertz CT molecular complexity index is 6800. The molecule has 15 aromatic carbocycles. The minimum atomic E-state index is 1.07. The van der Waals surface area contributed by atoms with Crippen LogP contribution >= 0.6 is 0 Å². The van der Waals surface area contributed by atoms with Crippen molar-refractivity contribution in [3.63, 3.8) is 0 Å². The van der Waals surface area contributed by atoms with Gasteiger partial charge in [-0.1, -0.05) is 200 Å². The molecule has 7 heterocycles. The van der Waals surface area contributed by atoms with E-state index in [2.05, 4.69) is 366 Å². The van der Waals surface area contributed by atoms with Crippen LogP contribution in [-0.2, 0) is 0 Å². The van der Waals surface area contributed by atoms with Crippen LogP contribution in [0.25, 0.3) is 192 Å². The van der Waals surface area contributed by atoms with Gasteiger partial charge in [0.2, 0.25) is 0 Å². The Morgan fingerprint density at radius 3 is 0.557 bits per heavy atom. The van der Waals surface area contributed by atoms with E-state index in [4.69, 9.17) is 0 Å². The number of hydrogen-bond donors (Lipinski definition) is 0. The lowest BCUT2D eigenvalue weighted by molar-refractivity contribution is 1.13. The van der Waals surface area contributed by atoms with E-state index in [1.54, 1.807) is 0 Å². The van der Waals surface area contributed by atoms with E-state index in [1.807, 2.05) is 0 Å². The van der Waals surface area contributed by atoms with Crippen LogP contribution in [0.15, 0.2) is 334 Å². The summed E-state index contributed by atoms with van der Waals surface area (Å²) in [7, 11) is 0. The molecular formula is C90H55N7. The van der Waals surface area contributed by atoms with Crippen LogP contribution in [-0.4, -0.2) is 32.0 Å². The Balaban J connectivity index is 0.825. The molecule has 97 heavy (non-hydrogen) atoms. The van der Waals surface area contributed by atoms with Gasteiger partial charge in [-0.05, 0) is 133 Å². The first-order valence-electron chi connectivity index (χ1n) is 33.4. The molecule has 22 aromatic rings. The first kappa shape index (κ1) is 52.4. The summed E-state index contributed by atoms with van der Waals surface area (Å²) in [6.45, 7) is 0. The number of benzene rings is 15. The minimum Gasteiger partial charge on any atom is -0.309 e. The van der Waals surface area contributed by atoms with Gasteiger partial charge in [-0.15, -0.1) is 0 Å². The van der Waals surface area contributed by atoms with E-state index in [1.165, 1.54) is 114 Å². The fraction of sp³-hybridized carbons (Fsp3) is 0. The van der Waals surface area contributed by atoms with E-state index in [0.29, 0.717) is 0 Å². The molecule has 0 N–H and O–H groups in total. The van der Waals surface area contributed by atoms with Crippen molar-refractivity contribution in [3.05, 3.63) is 334 Å². The third-order valence-corrected chi connectivity index (χ3v) is 21.1. The lowest BCUT2D eigenvalue weighted by Crippen LogP contribution is -2.00. The summed E-state index contributed by atoms with van der Waals surface area (Å²) in [6.07, 6.45) is 0. The highest BCUT2D eigenvalue weighted by atomic mass is 15.1. The summed E-state index contributed by atoms with van der Waals surface area (Å²) >= 11 is 0. The Morgan fingerprint density at radius 1 is 0.113 bits per heavy atom. The first-order valence-corrected chi connectivity index (χ1v) is 33.4. The number of fused-ring (bicyclic) bond motifs is 24. The van der Waals surface area contributed by atoms with Gasteiger partial charge in [-0.3, -0.25) is 0 Å². The zero-order valence-corrected chi connectivity index (χ0v) is 52.4. The van der Waals surface area contributed by atoms with Gasteiger partial charge >= 0.3 is 0 Å². The Labute approximate surface area is 554 Å². The predicted molar refractivity (Wildman–Crippen MR) is 407 cm³/mol. The number of aromatic nitrogens is 7. The van der Waals surface area contributed by atoms with Crippen LogP contribution in [0.3, 0.4) is 0 Å². The molecule has 0 aliphatic heterocycles. The van der Waals surface area contributed by atoms with Crippen molar-refractivity contribution in [2.45, 2.75) is 0 Å². The van der Waals surface area contributed by atoms with Gasteiger partial charge < -0.3 is 32.0 Å². The third-order valence-electron chi connectivity index (χ3n) is 21.1. The summed E-state index contributed by atoms with van der Waals surface area (Å²) in [6, 6.07) is 124. The van der Waals surface area contributed by atoms with Crippen molar-refractivity contribution >= 4 is 153 Å². The molecule has 22 rings (SSSR count). The second-order valence-electron chi connectivity index (χ2n) is 26.0. The zero-order valence-electron chi connectivity index (χ0n) is 52.4. The third kappa shape index (κ3) is 7.13. The van der Waals surface area contributed by atoms with Gasteiger partial charge in [0.1, 0.15) is 0 Å². The summed E-state index contributed by atoms with van der Waals surface area (Å²) in [5, 5.41) is 17.0. The topological polar surface area (TPSA) is 34.5 Å². The molecule has 0 aliphatic carbocycles. The average Bonchev–Trinajstić information content (AvgIpc) is 1.55. The molecule has 0 bridgehead atoms. The fourth-order valence-corrected chi connectivity index (χ4v) is 17.1. The minimum absolute atomic E-state index is 1.07. The smallest absolute Gasteiger partial charge is 0.0788 e. The Morgan fingerprint density at radius 2 is 0.299 bits per heavy atom. The highest BCUT2D eigenvalue weighted by Crippen LogP contribution is 2.47. The lowest BCUT2D eigenvalue weighted by atomic mass is 10.1. The fourth-order valence-electron chi connectivity index (χ4n) is 17.1. The molecule has 0 aliphatic rings. The molecule has 0 spiro atoms. The second kappa shape index (κ2) is 19.7. The summed E-state index contributed by atoms with van der Waals surface area (Å²) in [5.41, 5.74) is 24.1. The molecule has 0 fully saturated rings. The van der Waals surface area contributed by atoms with E-state index in [-0.39, 0.29) is 0 Å². The van der Waals surface area contributed by atoms with Gasteiger partial charge in [0.15, 0.2) is 0 Å². The monoisotopic (exact) mass is 1230 g/mol. The van der Waals surface area contributed by atoms with Crippen LogP contribution in [0.1, 0.15) is 0 Å². The largest absolute Gasteiger partial charge is 0.309 e. The van der Waals surface area contributed by atoms with Gasteiger partial charge in [-0.2, -0.15) is 0 Å². The van der Waals surface area contributed by atoms with E-state index < -0.39 is 0 Å². The SMILES string of the molecule is c1ccc(-n2c3ccccc3c3ccc4c5ccccc5n(-c5ccc(-n6c7ccc(-n8c9ccccc9c9ccc%10c%11ccccc%11n(-c%11ccccc%11)c%10c98)cc7c7cc(-n8c9ccccc9c9ccc%10c%11ccccc%11n(-c%11ccccc%11)c%10c98)ccc76)cc5)c4c32)cc1. The van der Waals surface area contributed by atoms with Gasteiger partial charge in [0.05, 0.1) is 77.2 Å². The van der Waals surface area contributed by atoms with Crippen molar-refractivity contribution in [1.29, 1.82) is 0 Å². The van der Waals surface area contributed by atoms with Gasteiger partial charge in [-0.25, -0.2) is 0 Å². The van der Waals surface area contributed by atoms with Crippen LogP contribution in [0.4, 0.5) is 0 Å². The number of para-hydroxylation sites is 9. The molecule has 7 aromatic heterocycles. The van der Waals surface area contributed by atoms with Crippen molar-refractivity contribution in [3.8, 4) is 39.8 Å². The predicted octanol–water partition coefficient (Wildman–Crippen LogP) is 23.4. The average molecular weight is 1230 g/mol. The maximum Gasteiger partial charge on any atom is 0.0788 e. The molecule has 7 nitrogen and oxygen atoms in total. The maximum absolute atomic E-state index is 2.54. The molecule has 0 saturated carbocycles. The molecule has 450 valence electrons. The highest BCUT2D eigenvalue weighted by molar-refractivity contribution is 6.27. The summed E-state index contributed by atoms with van der Waals surface area (Å²) < 4.78 is 17.5. The number of rotatable bonds is 7. The number of hydrogen-bond acceptors (Lipinski definition) is 0. The van der Waals surface area contributed by atoms with Gasteiger partial charge in [0, 0.05) is 115 Å². The summed E-state index contributed by atoms with van der Waals surface area (Å²) in [4.78, 5) is 0. The lowest BCUT2D eigenvalue weighted by Gasteiger charge is -2.14. The van der Waals surface area contributed by atoms with E-state index >= 15 is 0 Å². The molecule has 0 atom stereocenters. The standard InChI is InChI=1S/C90H55N7/c1-4-22-56(23-5-1)92-77-34-16-10-28-63(77)69-46-47-70-66-31-13-19-37-80(66)95(86(70)85(69)92)60-42-40-59(41-43-60)91-83-52-44-61(96-81-38-20-14-32-67(81)73-50-48-71-64-29-11-17-35-78(64)93(87(71)89(73)96)57-24-6-2-7-25-57)54-75(83)76-55-62(45-53-84(76)91)97-82-39-21-15-33-68(82)74-51-49-72-65-30-12-18-36-79(65)94(88(72)90(74)97)58-26-8-3-9-27-58/h1-55H. The summed E-state index contributed by atoms with van der Waals surface area (Å²) in [5.74, 6) is 0. The van der Waals surface area contributed by atoms with Crippen molar-refractivity contribution in [1.82, 2.24) is 32.0 Å². The van der Waals surface area contributed by atoms with Crippen molar-refractivity contribution < 1.29 is 0 Å². The molecule has 7 heteroatoms. The molecule has 0 radical (unpaired) electrons. The van der Waals surface area contributed by atoms with Gasteiger partial charge in [0.25, 0.3) is 0 Å². The maximum atomic E-state index is 2.54. The first-order chi connectivity index (χ1) is 48.2. The highest BCUT2D eigenvalue weighted by Gasteiger charge is 2.27. The second-order valence-corrected chi connectivity index (χ2v) is 26.0. The van der Waals surface area contributed by atoms with E-state index in [0.717, 1.165) is 78.2 Å². The normalized spacial score (nSPS) is 12.3. The number of nitrogens with zero attached hydrogens (tertiary/aromatic N) is 7. The Kier molecular flexibility index (Phi) is 10.7. The molecular weight excluding hydrogens is 1180 g/mol. The molecule has 0 amide bonds. The van der Waals surface area contributed by atoms with Crippen LogP contribution in [0, 0.1) is 0 Å².